The summed E-state index contributed by atoms with van der Waals surface area (Å²) in [5, 5.41) is 9.97. The van der Waals surface area contributed by atoms with Crippen LogP contribution in [0.2, 0.25) is 0 Å². The van der Waals surface area contributed by atoms with E-state index in [0.29, 0.717) is 16.9 Å². The van der Waals surface area contributed by atoms with E-state index in [1.165, 1.54) is 7.11 Å². The van der Waals surface area contributed by atoms with E-state index >= 15 is 0 Å². The van der Waals surface area contributed by atoms with Gasteiger partial charge in [0.05, 0.1) is 17.4 Å². The van der Waals surface area contributed by atoms with Crippen LogP contribution >= 0.6 is 11.3 Å². The Labute approximate surface area is 96.1 Å². The Morgan fingerprint density at radius 3 is 2.69 bits per heavy atom. The van der Waals surface area contributed by atoms with Crippen LogP contribution in [0.3, 0.4) is 0 Å². The third kappa shape index (κ3) is 1.83. The second kappa shape index (κ2) is 3.61. The molecule has 1 N–H and O–H groups in total. The number of ether oxygens (including phenoxy) is 1. The molecule has 1 aromatic heterocycles. The van der Waals surface area contributed by atoms with Gasteiger partial charge in [-0.05, 0) is 19.9 Å². The number of hydrogen-bond acceptors (Lipinski definition) is 5. The number of aliphatic hydroxyl groups is 1. The van der Waals surface area contributed by atoms with Crippen molar-refractivity contribution >= 4 is 21.6 Å². The van der Waals surface area contributed by atoms with Crippen molar-refractivity contribution in [2.75, 3.05) is 7.11 Å². The third-order valence-corrected chi connectivity index (χ3v) is 3.10. The Morgan fingerprint density at radius 1 is 1.44 bits per heavy atom. The molecule has 5 heteroatoms. The first kappa shape index (κ1) is 11.2. The molecule has 0 fully saturated rings. The van der Waals surface area contributed by atoms with Gasteiger partial charge >= 0.3 is 4.94 Å². The van der Waals surface area contributed by atoms with Gasteiger partial charge in [0.1, 0.15) is 11.3 Å². The molecule has 0 spiro atoms. The Balaban J connectivity index is 2.76. The molecule has 1 aromatic carbocycles. The monoisotopic (exact) mass is 240 g/mol. The molecule has 0 radical (unpaired) electrons. The molecule has 0 atom stereocenters. The van der Waals surface area contributed by atoms with Gasteiger partial charge in [-0.1, -0.05) is 11.3 Å². The van der Waals surface area contributed by atoms with Gasteiger partial charge in [-0.2, -0.15) is 0 Å². The minimum atomic E-state index is -1.04. The van der Waals surface area contributed by atoms with Crippen LogP contribution < -0.4 is 9.68 Å². The summed E-state index contributed by atoms with van der Waals surface area (Å²) in [4.78, 5) is 10.7. The van der Waals surface area contributed by atoms with Gasteiger partial charge in [-0.25, -0.2) is 4.79 Å². The Morgan fingerprint density at radius 2 is 2.12 bits per heavy atom. The molecule has 0 aliphatic carbocycles. The van der Waals surface area contributed by atoms with Gasteiger partial charge in [-0.15, -0.1) is 0 Å². The van der Waals surface area contributed by atoms with Crippen LogP contribution in [0.5, 0.6) is 5.75 Å². The molecule has 2 aromatic rings. The molecule has 0 aliphatic heterocycles. The van der Waals surface area contributed by atoms with Crippen LogP contribution in [-0.4, -0.2) is 12.2 Å². The molecular weight excluding hydrogens is 228 g/mol. The van der Waals surface area contributed by atoms with Crippen molar-refractivity contribution in [2.45, 2.75) is 19.4 Å². The van der Waals surface area contributed by atoms with E-state index in [0.717, 1.165) is 16.0 Å². The molecule has 86 valence electrons. The molecule has 0 bridgehead atoms. The van der Waals surface area contributed by atoms with Gasteiger partial charge in [0.25, 0.3) is 0 Å². The molecule has 0 aliphatic rings. The lowest BCUT2D eigenvalue weighted by Crippen LogP contribution is -2.16. The Kier molecular flexibility index (Phi) is 2.52. The maximum absolute atomic E-state index is 11.1. The number of hydrogen-bond donors (Lipinski definition) is 1. The standard InChI is InChI=1S/C11H12O4S/c1-11(2,13)6-4-8-9(5-7(6)14-3)16-10(12)15-8/h4-5,13H,1-3H3. The maximum Gasteiger partial charge on any atom is 0.396 e. The minimum absolute atomic E-state index is 0.357. The fourth-order valence-electron chi connectivity index (χ4n) is 1.55. The fourth-order valence-corrected chi connectivity index (χ4v) is 2.23. The lowest BCUT2D eigenvalue weighted by atomic mass is 9.97. The first-order chi connectivity index (χ1) is 7.41. The molecule has 4 nitrogen and oxygen atoms in total. The Bertz CT molecular complexity index is 574. The minimum Gasteiger partial charge on any atom is -0.496 e. The molecule has 1 heterocycles. The average Bonchev–Trinajstić information content (AvgIpc) is 2.53. The van der Waals surface area contributed by atoms with Gasteiger partial charge < -0.3 is 14.3 Å². The van der Waals surface area contributed by atoms with E-state index in [-0.39, 0.29) is 4.94 Å². The maximum atomic E-state index is 11.1. The highest BCUT2D eigenvalue weighted by Crippen LogP contribution is 2.34. The zero-order chi connectivity index (χ0) is 11.9. The largest absolute Gasteiger partial charge is 0.496 e. The van der Waals surface area contributed by atoms with Crippen molar-refractivity contribution < 1.29 is 14.3 Å². The molecule has 0 saturated carbocycles. The molecule has 0 unspecified atom stereocenters. The number of methoxy groups -OCH3 is 1. The quantitative estimate of drug-likeness (QED) is 0.873. The summed E-state index contributed by atoms with van der Waals surface area (Å²) in [5.41, 5.74) is 0.0389. The topological polar surface area (TPSA) is 59.7 Å². The van der Waals surface area contributed by atoms with Gasteiger partial charge in [0, 0.05) is 11.6 Å². The van der Waals surface area contributed by atoms with Crippen molar-refractivity contribution in [2.24, 2.45) is 0 Å². The van der Waals surface area contributed by atoms with Crippen molar-refractivity contribution in [1.82, 2.24) is 0 Å². The van der Waals surface area contributed by atoms with E-state index in [9.17, 15) is 9.90 Å². The van der Waals surface area contributed by atoms with Crippen LogP contribution in [0.1, 0.15) is 19.4 Å². The number of benzene rings is 1. The second-order valence-electron chi connectivity index (χ2n) is 4.01. The van der Waals surface area contributed by atoms with Crippen molar-refractivity contribution in [3.63, 3.8) is 0 Å². The van der Waals surface area contributed by atoms with Crippen molar-refractivity contribution in [3.05, 3.63) is 27.4 Å². The van der Waals surface area contributed by atoms with Crippen molar-refractivity contribution in [1.29, 1.82) is 0 Å². The molecule has 16 heavy (non-hydrogen) atoms. The first-order valence-corrected chi connectivity index (χ1v) is 5.58. The lowest BCUT2D eigenvalue weighted by Gasteiger charge is -2.20. The fraction of sp³-hybridized carbons (Fsp3) is 0.364. The summed E-state index contributed by atoms with van der Waals surface area (Å²) >= 11 is 1.02. The van der Waals surface area contributed by atoms with Crippen molar-refractivity contribution in [3.8, 4) is 5.75 Å². The van der Waals surface area contributed by atoms with Gasteiger partial charge in [0.2, 0.25) is 0 Å². The summed E-state index contributed by atoms with van der Waals surface area (Å²) < 4.78 is 10.9. The summed E-state index contributed by atoms with van der Waals surface area (Å²) in [6, 6.07) is 3.35. The van der Waals surface area contributed by atoms with E-state index < -0.39 is 5.60 Å². The summed E-state index contributed by atoms with van der Waals surface area (Å²) in [6.07, 6.45) is 0. The van der Waals surface area contributed by atoms with E-state index in [1.807, 2.05) is 0 Å². The highest BCUT2D eigenvalue weighted by atomic mass is 32.1. The second-order valence-corrected chi connectivity index (χ2v) is 4.99. The summed E-state index contributed by atoms with van der Waals surface area (Å²) in [5.74, 6) is 0.553. The smallest absolute Gasteiger partial charge is 0.396 e. The predicted octanol–water partition coefficient (Wildman–Crippen LogP) is 2.09. The van der Waals surface area contributed by atoms with Crippen LogP contribution in [-0.2, 0) is 5.60 Å². The highest BCUT2D eigenvalue weighted by Gasteiger charge is 2.22. The SMILES string of the molecule is COc1cc2sc(=O)oc2cc1C(C)(C)O. The summed E-state index contributed by atoms with van der Waals surface area (Å²) in [6.45, 7) is 3.31. The van der Waals surface area contributed by atoms with E-state index in [2.05, 4.69) is 0 Å². The molecule has 0 amide bonds. The number of fused-ring (bicyclic) bond motifs is 1. The molecular formula is C11H12O4S. The third-order valence-electron chi connectivity index (χ3n) is 2.31. The first-order valence-electron chi connectivity index (χ1n) is 4.76. The zero-order valence-electron chi connectivity index (χ0n) is 9.23. The predicted molar refractivity (Wildman–Crippen MR) is 62.2 cm³/mol. The normalized spacial score (nSPS) is 12.0. The van der Waals surface area contributed by atoms with Crippen LogP contribution in [0, 0.1) is 0 Å². The van der Waals surface area contributed by atoms with Gasteiger partial charge in [-0.3, -0.25) is 0 Å². The highest BCUT2D eigenvalue weighted by molar-refractivity contribution is 7.16. The van der Waals surface area contributed by atoms with Crippen LogP contribution in [0.4, 0.5) is 0 Å². The average molecular weight is 240 g/mol. The number of rotatable bonds is 2. The van der Waals surface area contributed by atoms with Crippen LogP contribution in [0.15, 0.2) is 21.3 Å². The summed E-state index contributed by atoms with van der Waals surface area (Å²) in [7, 11) is 1.53. The van der Waals surface area contributed by atoms with Gasteiger partial charge in [0.15, 0.2) is 0 Å². The zero-order valence-corrected chi connectivity index (χ0v) is 10.1. The molecule has 2 rings (SSSR count). The lowest BCUT2D eigenvalue weighted by molar-refractivity contribution is 0.0757. The van der Waals surface area contributed by atoms with E-state index in [4.69, 9.17) is 9.15 Å². The van der Waals surface area contributed by atoms with E-state index in [1.54, 1.807) is 26.0 Å². The Hall–Kier alpha value is -1.33. The van der Waals surface area contributed by atoms with Crippen LogP contribution in [0.25, 0.3) is 10.3 Å². The molecule has 0 saturated heterocycles.